The molecule has 2 aromatic rings. The Bertz CT molecular complexity index is 848. The highest BCUT2D eigenvalue weighted by atomic mass is 16.5. The van der Waals surface area contributed by atoms with Crippen molar-refractivity contribution in [3.05, 3.63) is 65.2 Å². The van der Waals surface area contributed by atoms with E-state index in [4.69, 9.17) is 4.74 Å². The standard InChI is InChI=1S/C19H16N2O4/c1-2-25-17-5-3-4-16(11-17)21-18(22)15(12-20)10-13-6-8-14(9-7-13)19(23)24/h3-11H,2H2,1H3,(H,21,22)(H,23,24)/p-1/b15-10-. The van der Waals surface area contributed by atoms with Gasteiger partial charge in [0, 0.05) is 11.8 Å². The zero-order valence-electron chi connectivity index (χ0n) is 13.5. The van der Waals surface area contributed by atoms with E-state index in [0.29, 0.717) is 23.6 Å². The van der Waals surface area contributed by atoms with E-state index in [1.807, 2.05) is 13.0 Å². The van der Waals surface area contributed by atoms with Gasteiger partial charge in [0.1, 0.15) is 17.4 Å². The van der Waals surface area contributed by atoms with Gasteiger partial charge >= 0.3 is 0 Å². The average Bonchev–Trinajstić information content (AvgIpc) is 2.60. The van der Waals surface area contributed by atoms with Crippen molar-refractivity contribution in [3.8, 4) is 11.8 Å². The first-order chi connectivity index (χ1) is 12.0. The molecule has 0 aliphatic rings. The molecule has 0 bridgehead atoms. The van der Waals surface area contributed by atoms with Crippen LogP contribution in [0.25, 0.3) is 6.08 Å². The molecule has 0 radical (unpaired) electrons. The van der Waals surface area contributed by atoms with E-state index in [-0.39, 0.29) is 11.1 Å². The summed E-state index contributed by atoms with van der Waals surface area (Å²) in [6.07, 6.45) is 1.38. The number of nitrogens with one attached hydrogen (secondary N) is 1. The molecule has 1 N–H and O–H groups in total. The number of carbonyl (C=O) groups is 2. The largest absolute Gasteiger partial charge is 0.545 e. The van der Waals surface area contributed by atoms with Gasteiger partial charge in [0.15, 0.2) is 0 Å². The van der Waals surface area contributed by atoms with Gasteiger partial charge in [-0.3, -0.25) is 4.79 Å². The minimum atomic E-state index is -1.29. The fraction of sp³-hybridized carbons (Fsp3) is 0.105. The molecule has 0 saturated carbocycles. The predicted octanol–water partition coefficient (Wildman–Crippen LogP) is 1.99. The minimum Gasteiger partial charge on any atom is -0.545 e. The van der Waals surface area contributed by atoms with Gasteiger partial charge in [-0.05, 0) is 36.3 Å². The van der Waals surface area contributed by atoms with Crippen LogP contribution in [0.1, 0.15) is 22.8 Å². The van der Waals surface area contributed by atoms with E-state index in [1.165, 1.54) is 30.3 Å². The van der Waals surface area contributed by atoms with E-state index in [2.05, 4.69) is 5.32 Å². The third-order valence-electron chi connectivity index (χ3n) is 3.23. The number of carboxylic acid groups (broad SMARTS) is 1. The second-order valence-corrected chi connectivity index (χ2v) is 4.99. The summed E-state index contributed by atoms with van der Waals surface area (Å²) in [6.45, 7) is 2.36. The monoisotopic (exact) mass is 335 g/mol. The van der Waals surface area contributed by atoms with Crippen LogP contribution in [0.4, 0.5) is 5.69 Å². The van der Waals surface area contributed by atoms with Crippen LogP contribution in [0.5, 0.6) is 5.75 Å². The fourth-order valence-electron chi connectivity index (χ4n) is 2.06. The third kappa shape index (κ3) is 4.94. The maximum absolute atomic E-state index is 12.2. The van der Waals surface area contributed by atoms with Crippen molar-refractivity contribution in [1.82, 2.24) is 0 Å². The number of amides is 1. The molecule has 0 aromatic heterocycles. The molecule has 0 atom stereocenters. The molecule has 0 saturated heterocycles. The molecule has 25 heavy (non-hydrogen) atoms. The normalized spacial score (nSPS) is 10.6. The Labute approximate surface area is 145 Å². The molecule has 6 heteroatoms. The summed E-state index contributed by atoms with van der Waals surface area (Å²) in [6, 6.07) is 14.4. The lowest BCUT2D eigenvalue weighted by Gasteiger charge is -2.07. The number of carbonyl (C=O) groups excluding carboxylic acids is 2. The molecule has 2 aromatic carbocycles. The molecular formula is C19H15N2O4-. The van der Waals surface area contributed by atoms with Gasteiger partial charge < -0.3 is 20.0 Å². The Hall–Kier alpha value is -3.59. The van der Waals surface area contributed by atoms with Crippen LogP contribution in [0.3, 0.4) is 0 Å². The summed E-state index contributed by atoms with van der Waals surface area (Å²) in [7, 11) is 0. The summed E-state index contributed by atoms with van der Waals surface area (Å²) in [4.78, 5) is 23.0. The van der Waals surface area contributed by atoms with Gasteiger partial charge in [-0.2, -0.15) is 5.26 Å². The number of carboxylic acids is 1. The number of rotatable bonds is 6. The molecule has 0 spiro atoms. The third-order valence-corrected chi connectivity index (χ3v) is 3.23. The summed E-state index contributed by atoms with van der Waals surface area (Å²) < 4.78 is 5.36. The van der Waals surface area contributed by atoms with Gasteiger partial charge in [0.2, 0.25) is 0 Å². The van der Waals surface area contributed by atoms with Gasteiger partial charge in [-0.25, -0.2) is 0 Å². The minimum absolute atomic E-state index is 0.0212. The summed E-state index contributed by atoms with van der Waals surface area (Å²) in [5, 5.41) is 22.6. The summed E-state index contributed by atoms with van der Waals surface area (Å²) in [5.41, 5.74) is 0.944. The molecule has 0 unspecified atom stereocenters. The Morgan fingerprint density at radius 3 is 2.56 bits per heavy atom. The fourth-order valence-corrected chi connectivity index (χ4v) is 2.06. The lowest BCUT2D eigenvalue weighted by atomic mass is 10.1. The maximum Gasteiger partial charge on any atom is 0.266 e. The van der Waals surface area contributed by atoms with E-state index < -0.39 is 11.9 Å². The van der Waals surface area contributed by atoms with Crippen LogP contribution in [0.15, 0.2) is 54.1 Å². The maximum atomic E-state index is 12.2. The molecular weight excluding hydrogens is 320 g/mol. The number of hydrogen-bond donors (Lipinski definition) is 1. The lowest BCUT2D eigenvalue weighted by Crippen LogP contribution is -2.21. The van der Waals surface area contributed by atoms with Gasteiger partial charge in [0.25, 0.3) is 5.91 Å². The van der Waals surface area contributed by atoms with Gasteiger partial charge in [-0.15, -0.1) is 0 Å². The topological polar surface area (TPSA) is 102 Å². The number of ether oxygens (including phenoxy) is 1. The number of nitriles is 1. The lowest BCUT2D eigenvalue weighted by molar-refractivity contribution is -0.255. The summed E-state index contributed by atoms with van der Waals surface area (Å²) >= 11 is 0. The van der Waals surface area contributed by atoms with E-state index >= 15 is 0 Å². The zero-order chi connectivity index (χ0) is 18.2. The first-order valence-electron chi connectivity index (χ1n) is 7.51. The molecule has 0 heterocycles. The number of nitrogens with zero attached hydrogens (tertiary/aromatic N) is 1. The first-order valence-corrected chi connectivity index (χ1v) is 7.51. The summed E-state index contributed by atoms with van der Waals surface area (Å²) in [5.74, 6) is -1.25. The molecule has 6 nitrogen and oxygen atoms in total. The van der Waals surface area contributed by atoms with Crippen molar-refractivity contribution < 1.29 is 19.4 Å². The van der Waals surface area contributed by atoms with Crippen LogP contribution in [0, 0.1) is 11.3 Å². The van der Waals surface area contributed by atoms with Crippen molar-refractivity contribution >= 4 is 23.6 Å². The van der Waals surface area contributed by atoms with Crippen molar-refractivity contribution in [3.63, 3.8) is 0 Å². The second kappa shape index (κ2) is 8.31. The molecule has 0 aliphatic heterocycles. The smallest absolute Gasteiger partial charge is 0.266 e. The first kappa shape index (κ1) is 17.8. The van der Waals surface area contributed by atoms with Crippen LogP contribution >= 0.6 is 0 Å². The van der Waals surface area contributed by atoms with Crippen molar-refractivity contribution in [1.29, 1.82) is 5.26 Å². The Morgan fingerprint density at radius 1 is 1.24 bits per heavy atom. The molecule has 1 amide bonds. The zero-order valence-corrected chi connectivity index (χ0v) is 13.5. The van der Waals surface area contributed by atoms with Crippen molar-refractivity contribution in [2.24, 2.45) is 0 Å². The van der Waals surface area contributed by atoms with E-state index in [9.17, 15) is 20.0 Å². The van der Waals surface area contributed by atoms with Crippen molar-refractivity contribution in [2.75, 3.05) is 11.9 Å². The second-order valence-electron chi connectivity index (χ2n) is 4.99. The SMILES string of the molecule is CCOc1cccc(NC(=O)/C(C#N)=C\c2ccc(C(=O)[O-])cc2)c1. The molecule has 0 fully saturated rings. The van der Waals surface area contributed by atoms with Gasteiger partial charge in [0.05, 0.1) is 12.6 Å². The number of benzene rings is 2. The Morgan fingerprint density at radius 2 is 1.96 bits per heavy atom. The Kier molecular flexibility index (Phi) is 5.91. The predicted molar refractivity (Wildman–Crippen MR) is 90.6 cm³/mol. The molecule has 126 valence electrons. The van der Waals surface area contributed by atoms with Crippen LogP contribution in [-0.4, -0.2) is 18.5 Å². The van der Waals surface area contributed by atoms with Crippen LogP contribution < -0.4 is 15.2 Å². The molecule has 0 aliphatic carbocycles. The van der Waals surface area contributed by atoms with Crippen LogP contribution in [0.2, 0.25) is 0 Å². The van der Waals surface area contributed by atoms with E-state index in [0.717, 1.165) is 0 Å². The number of aromatic carboxylic acids is 1. The average molecular weight is 335 g/mol. The quantitative estimate of drug-likeness (QED) is 0.642. The highest BCUT2D eigenvalue weighted by Crippen LogP contribution is 2.18. The number of hydrogen-bond acceptors (Lipinski definition) is 5. The highest BCUT2D eigenvalue weighted by molar-refractivity contribution is 6.09. The van der Waals surface area contributed by atoms with E-state index in [1.54, 1.807) is 24.3 Å². The highest BCUT2D eigenvalue weighted by Gasteiger charge is 2.10. The van der Waals surface area contributed by atoms with Gasteiger partial charge in [-0.1, -0.05) is 30.3 Å². The van der Waals surface area contributed by atoms with Crippen LogP contribution in [-0.2, 0) is 4.79 Å². The van der Waals surface area contributed by atoms with Crippen molar-refractivity contribution in [2.45, 2.75) is 6.92 Å². The number of anilines is 1. The molecule has 2 rings (SSSR count). The Balaban J connectivity index is 2.16.